The van der Waals surface area contributed by atoms with Gasteiger partial charge in [0.25, 0.3) is 0 Å². The number of nitrogens with zero attached hydrogens (tertiary/aromatic N) is 2. The Morgan fingerprint density at radius 3 is 1.68 bits per heavy atom. The highest BCUT2D eigenvalue weighted by Gasteiger charge is 2.19. The second kappa shape index (κ2) is 7.48. The van der Waals surface area contributed by atoms with Gasteiger partial charge in [0.15, 0.2) is 0 Å². The molecule has 0 aromatic rings. The number of carbonyl (C=O) groups excluding carboxylic acids is 2. The fourth-order valence-electron chi connectivity index (χ4n) is 2.80. The van der Waals surface area contributed by atoms with E-state index in [4.69, 9.17) is 0 Å². The molecule has 2 aliphatic heterocycles. The van der Waals surface area contributed by atoms with Gasteiger partial charge < -0.3 is 15.1 Å². The lowest BCUT2D eigenvalue weighted by Gasteiger charge is -2.16. The van der Waals surface area contributed by atoms with Crippen LogP contribution in [0.1, 0.15) is 38.5 Å². The van der Waals surface area contributed by atoms with E-state index in [1.807, 2.05) is 9.80 Å². The first-order chi connectivity index (χ1) is 9.27. The van der Waals surface area contributed by atoms with E-state index in [0.717, 1.165) is 77.8 Å². The maximum Gasteiger partial charge on any atom is 0.222 e. The summed E-state index contributed by atoms with van der Waals surface area (Å²) in [4.78, 5) is 26.7. The maximum atomic E-state index is 11.4. The number of amides is 2. The summed E-state index contributed by atoms with van der Waals surface area (Å²) in [7, 11) is 0. The molecule has 1 N–H and O–H groups in total. The van der Waals surface area contributed by atoms with E-state index in [-0.39, 0.29) is 0 Å². The van der Waals surface area contributed by atoms with Crippen LogP contribution in [-0.4, -0.2) is 60.9 Å². The first-order valence-electron chi connectivity index (χ1n) is 7.53. The molecular weight excluding hydrogens is 242 g/mol. The number of carbonyl (C=O) groups is 2. The molecule has 108 valence electrons. The number of hydrogen-bond donors (Lipinski definition) is 1. The Morgan fingerprint density at radius 1 is 0.842 bits per heavy atom. The highest BCUT2D eigenvalue weighted by molar-refractivity contribution is 5.78. The third-order valence-electron chi connectivity index (χ3n) is 3.91. The van der Waals surface area contributed by atoms with Crippen molar-refractivity contribution in [1.29, 1.82) is 0 Å². The van der Waals surface area contributed by atoms with E-state index in [0.29, 0.717) is 11.8 Å². The smallest absolute Gasteiger partial charge is 0.222 e. The lowest BCUT2D eigenvalue weighted by molar-refractivity contribution is -0.128. The van der Waals surface area contributed by atoms with Gasteiger partial charge in [0, 0.05) is 39.0 Å². The largest absolute Gasteiger partial charge is 0.343 e. The van der Waals surface area contributed by atoms with Crippen LogP contribution in [0.3, 0.4) is 0 Å². The van der Waals surface area contributed by atoms with Crippen LogP contribution in [0.5, 0.6) is 0 Å². The van der Waals surface area contributed by atoms with Crippen LogP contribution in [0.25, 0.3) is 0 Å². The van der Waals surface area contributed by atoms with Gasteiger partial charge in [0.1, 0.15) is 0 Å². The monoisotopic (exact) mass is 267 g/mol. The van der Waals surface area contributed by atoms with Crippen LogP contribution in [0.15, 0.2) is 0 Å². The summed E-state index contributed by atoms with van der Waals surface area (Å²) < 4.78 is 0. The molecule has 0 spiro atoms. The fourth-order valence-corrected chi connectivity index (χ4v) is 2.80. The van der Waals surface area contributed by atoms with Gasteiger partial charge in [-0.1, -0.05) is 0 Å². The normalized spacial score (nSPS) is 19.8. The second-order valence-corrected chi connectivity index (χ2v) is 5.43. The van der Waals surface area contributed by atoms with E-state index in [1.54, 1.807) is 0 Å². The lowest BCUT2D eigenvalue weighted by Crippen LogP contribution is -2.30. The zero-order chi connectivity index (χ0) is 13.5. The van der Waals surface area contributed by atoms with E-state index in [2.05, 4.69) is 5.32 Å². The summed E-state index contributed by atoms with van der Waals surface area (Å²) in [5.74, 6) is 0.625. The van der Waals surface area contributed by atoms with Crippen molar-refractivity contribution in [3.8, 4) is 0 Å². The SMILES string of the molecule is O=C1CCCN1CCCNCCCN1CCCC1=O. The topological polar surface area (TPSA) is 52.7 Å². The molecule has 5 heteroatoms. The minimum absolute atomic E-state index is 0.313. The van der Waals surface area contributed by atoms with E-state index < -0.39 is 0 Å². The van der Waals surface area contributed by atoms with Crippen molar-refractivity contribution in [2.75, 3.05) is 39.3 Å². The molecule has 0 aliphatic carbocycles. The second-order valence-electron chi connectivity index (χ2n) is 5.43. The van der Waals surface area contributed by atoms with Gasteiger partial charge in [0.2, 0.25) is 11.8 Å². The van der Waals surface area contributed by atoms with E-state index in [1.165, 1.54) is 0 Å². The molecule has 0 saturated carbocycles. The van der Waals surface area contributed by atoms with Gasteiger partial charge in [-0.25, -0.2) is 0 Å². The van der Waals surface area contributed by atoms with Crippen molar-refractivity contribution >= 4 is 11.8 Å². The number of nitrogens with one attached hydrogen (secondary N) is 1. The van der Waals surface area contributed by atoms with Crippen molar-refractivity contribution in [2.24, 2.45) is 0 Å². The zero-order valence-corrected chi connectivity index (χ0v) is 11.7. The van der Waals surface area contributed by atoms with Crippen molar-refractivity contribution in [1.82, 2.24) is 15.1 Å². The van der Waals surface area contributed by atoms with Crippen LogP contribution >= 0.6 is 0 Å². The number of hydrogen-bond acceptors (Lipinski definition) is 3. The Balaban J connectivity index is 1.42. The standard InChI is InChI=1S/C14H25N3O2/c18-13-5-1-9-16(13)11-3-7-15-8-4-12-17-10-2-6-14(17)19/h15H,1-12H2. The number of rotatable bonds is 8. The molecule has 0 atom stereocenters. The Kier molecular flexibility index (Phi) is 5.63. The van der Waals surface area contributed by atoms with Gasteiger partial charge in [0.05, 0.1) is 0 Å². The summed E-state index contributed by atoms with van der Waals surface area (Å²) >= 11 is 0. The molecule has 2 aliphatic rings. The van der Waals surface area contributed by atoms with Crippen LogP contribution < -0.4 is 5.32 Å². The van der Waals surface area contributed by atoms with Gasteiger partial charge in [-0.15, -0.1) is 0 Å². The van der Waals surface area contributed by atoms with Crippen LogP contribution in [0.2, 0.25) is 0 Å². The van der Waals surface area contributed by atoms with Crippen LogP contribution in [-0.2, 0) is 9.59 Å². The van der Waals surface area contributed by atoms with Crippen molar-refractivity contribution in [2.45, 2.75) is 38.5 Å². The van der Waals surface area contributed by atoms with Crippen molar-refractivity contribution in [3.05, 3.63) is 0 Å². The van der Waals surface area contributed by atoms with Gasteiger partial charge in [-0.3, -0.25) is 9.59 Å². The molecular formula is C14H25N3O2. The van der Waals surface area contributed by atoms with Crippen LogP contribution in [0.4, 0.5) is 0 Å². The minimum atomic E-state index is 0.313. The molecule has 2 fully saturated rings. The Morgan fingerprint density at radius 2 is 1.32 bits per heavy atom. The summed E-state index contributed by atoms with van der Waals surface area (Å²) in [6.07, 6.45) is 5.56. The molecule has 0 radical (unpaired) electrons. The third-order valence-corrected chi connectivity index (χ3v) is 3.91. The van der Waals surface area contributed by atoms with Gasteiger partial charge >= 0.3 is 0 Å². The molecule has 5 nitrogen and oxygen atoms in total. The van der Waals surface area contributed by atoms with E-state index >= 15 is 0 Å². The third kappa shape index (κ3) is 4.49. The summed E-state index contributed by atoms with van der Waals surface area (Å²) in [5.41, 5.74) is 0. The Hall–Kier alpha value is -1.10. The van der Waals surface area contributed by atoms with Crippen molar-refractivity contribution < 1.29 is 9.59 Å². The highest BCUT2D eigenvalue weighted by Crippen LogP contribution is 2.10. The summed E-state index contributed by atoms with van der Waals surface area (Å²) in [6.45, 7) is 5.56. The predicted molar refractivity (Wildman–Crippen MR) is 73.7 cm³/mol. The Bertz CT molecular complexity index is 290. The summed E-state index contributed by atoms with van der Waals surface area (Å²) in [6, 6.07) is 0. The van der Waals surface area contributed by atoms with Crippen LogP contribution in [0, 0.1) is 0 Å². The maximum absolute atomic E-state index is 11.4. The molecule has 0 bridgehead atoms. The molecule has 2 amide bonds. The first kappa shape index (κ1) is 14.3. The van der Waals surface area contributed by atoms with E-state index in [9.17, 15) is 9.59 Å². The van der Waals surface area contributed by atoms with Gasteiger partial charge in [-0.2, -0.15) is 0 Å². The summed E-state index contributed by atoms with van der Waals surface area (Å²) in [5, 5.41) is 3.39. The molecule has 2 heterocycles. The molecule has 2 rings (SSSR count). The average molecular weight is 267 g/mol. The molecule has 19 heavy (non-hydrogen) atoms. The average Bonchev–Trinajstić information content (AvgIpc) is 2.98. The number of likely N-dealkylation sites (tertiary alicyclic amines) is 2. The molecule has 2 saturated heterocycles. The fraction of sp³-hybridized carbons (Fsp3) is 0.857. The first-order valence-corrected chi connectivity index (χ1v) is 7.53. The molecule has 0 aromatic heterocycles. The predicted octanol–water partition coefficient (Wildman–Crippen LogP) is 0.601. The van der Waals surface area contributed by atoms with Gasteiger partial charge in [-0.05, 0) is 38.8 Å². The van der Waals surface area contributed by atoms with Crippen molar-refractivity contribution in [3.63, 3.8) is 0 Å². The molecule has 0 unspecified atom stereocenters. The highest BCUT2D eigenvalue weighted by atomic mass is 16.2. The minimum Gasteiger partial charge on any atom is -0.343 e. The molecule has 0 aromatic carbocycles. The lowest BCUT2D eigenvalue weighted by atomic mass is 10.3. The zero-order valence-electron chi connectivity index (χ0n) is 11.7. The quantitative estimate of drug-likeness (QED) is 0.655. The Labute approximate surface area is 115 Å².